The van der Waals surface area contributed by atoms with E-state index in [-0.39, 0.29) is 5.69 Å². The summed E-state index contributed by atoms with van der Waals surface area (Å²) in [6.07, 6.45) is 3.96. The maximum absolute atomic E-state index is 11.5. The van der Waals surface area contributed by atoms with E-state index >= 15 is 0 Å². The highest BCUT2D eigenvalue weighted by Gasteiger charge is 2.14. The molecule has 0 spiro atoms. The van der Waals surface area contributed by atoms with Crippen LogP contribution in [-0.4, -0.2) is 34.4 Å². The van der Waals surface area contributed by atoms with Crippen molar-refractivity contribution in [1.82, 2.24) is 15.3 Å². The van der Waals surface area contributed by atoms with Crippen LogP contribution in [0.15, 0.2) is 36.1 Å². The number of ether oxygens (including phenoxy) is 1. The molecule has 0 aliphatic carbocycles. The van der Waals surface area contributed by atoms with Gasteiger partial charge in [0.1, 0.15) is 0 Å². The van der Waals surface area contributed by atoms with Gasteiger partial charge in [0.05, 0.1) is 11.1 Å². The van der Waals surface area contributed by atoms with Crippen molar-refractivity contribution in [2.45, 2.75) is 0 Å². The lowest BCUT2D eigenvalue weighted by atomic mass is 10.4. The van der Waals surface area contributed by atoms with E-state index in [1.54, 1.807) is 17.5 Å². The molecule has 0 saturated heterocycles. The molecule has 2 heterocycles. The number of esters is 1. The fraction of sp³-hybridized carbons (Fsp3) is 0.0833. The van der Waals surface area contributed by atoms with Gasteiger partial charge in [-0.2, -0.15) is 0 Å². The Kier molecular flexibility index (Phi) is 4.51. The molecule has 7 nitrogen and oxygen atoms in total. The molecule has 0 bridgehead atoms. The minimum absolute atomic E-state index is 0.00937. The molecule has 2 aromatic rings. The standard InChI is InChI=1S/C12H9N3O4S/c16-10(15-11(17)9-2-1-5-20-9)7-19-12(18)8-6-13-3-4-14-8/h1-6H,7H2,(H,15,16,17). The van der Waals surface area contributed by atoms with Crippen LogP contribution < -0.4 is 5.32 Å². The Morgan fingerprint density at radius 2 is 2.15 bits per heavy atom. The molecule has 0 saturated carbocycles. The first-order valence-electron chi connectivity index (χ1n) is 5.47. The molecule has 20 heavy (non-hydrogen) atoms. The van der Waals surface area contributed by atoms with Gasteiger partial charge in [-0.3, -0.25) is 19.9 Å². The van der Waals surface area contributed by atoms with Crippen LogP contribution in [0, 0.1) is 0 Å². The van der Waals surface area contributed by atoms with E-state index in [2.05, 4.69) is 15.3 Å². The Morgan fingerprint density at radius 3 is 2.80 bits per heavy atom. The maximum Gasteiger partial charge on any atom is 0.359 e. The third-order valence-corrected chi connectivity index (χ3v) is 2.97. The number of nitrogens with zero attached hydrogens (tertiary/aromatic N) is 2. The van der Waals surface area contributed by atoms with E-state index in [4.69, 9.17) is 4.74 Å². The number of hydrogen-bond donors (Lipinski definition) is 1. The van der Waals surface area contributed by atoms with Crippen molar-refractivity contribution >= 4 is 29.1 Å². The maximum atomic E-state index is 11.5. The van der Waals surface area contributed by atoms with Gasteiger partial charge in [0.15, 0.2) is 12.3 Å². The summed E-state index contributed by atoms with van der Waals surface area (Å²) in [5, 5.41) is 3.82. The van der Waals surface area contributed by atoms with Crippen molar-refractivity contribution < 1.29 is 19.1 Å². The topological polar surface area (TPSA) is 98.2 Å². The molecule has 0 aromatic carbocycles. The summed E-state index contributed by atoms with van der Waals surface area (Å²) >= 11 is 1.20. The molecular formula is C12H9N3O4S. The predicted octanol–water partition coefficient (Wildman–Crippen LogP) is 0.651. The number of carbonyl (C=O) groups excluding carboxylic acids is 3. The second kappa shape index (κ2) is 6.53. The zero-order valence-corrected chi connectivity index (χ0v) is 10.9. The van der Waals surface area contributed by atoms with Crippen molar-refractivity contribution in [3.63, 3.8) is 0 Å². The lowest BCUT2D eigenvalue weighted by Crippen LogP contribution is -2.33. The van der Waals surface area contributed by atoms with E-state index < -0.39 is 24.4 Å². The fourth-order valence-corrected chi connectivity index (χ4v) is 1.86. The molecule has 2 rings (SSSR count). The molecule has 0 aliphatic heterocycles. The molecule has 0 aliphatic rings. The van der Waals surface area contributed by atoms with Crippen LogP contribution in [0.5, 0.6) is 0 Å². The first-order valence-corrected chi connectivity index (χ1v) is 6.35. The van der Waals surface area contributed by atoms with Crippen molar-refractivity contribution in [3.8, 4) is 0 Å². The molecule has 0 atom stereocenters. The molecule has 2 amide bonds. The summed E-state index contributed by atoms with van der Waals surface area (Å²) in [6.45, 7) is -0.563. The van der Waals surface area contributed by atoms with Crippen LogP contribution in [0.25, 0.3) is 0 Å². The van der Waals surface area contributed by atoms with E-state index in [1.165, 1.54) is 29.9 Å². The van der Waals surface area contributed by atoms with Gasteiger partial charge < -0.3 is 4.74 Å². The Balaban J connectivity index is 1.81. The summed E-state index contributed by atoms with van der Waals surface area (Å²) in [5.41, 5.74) is -0.00937. The summed E-state index contributed by atoms with van der Waals surface area (Å²) in [4.78, 5) is 42.3. The van der Waals surface area contributed by atoms with Gasteiger partial charge in [-0.05, 0) is 11.4 Å². The lowest BCUT2D eigenvalue weighted by molar-refractivity contribution is -0.123. The summed E-state index contributed by atoms with van der Waals surface area (Å²) in [7, 11) is 0. The quantitative estimate of drug-likeness (QED) is 0.831. The van der Waals surface area contributed by atoms with Crippen LogP contribution in [0.4, 0.5) is 0 Å². The first-order chi connectivity index (χ1) is 9.66. The number of thiophene rings is 1. The molecule has 102 valence electrons. The van der Waals surface area contributed by atoms with Crippen molar-refractivity contribution in [3.05, 3.63) is 46.7 Å². The third kappa shape index (κ3) is 3.69. The highest BCUT2D eigenvalue weighted by atomic mass is 32.1. The van der Waals surface area contributed by atoms with Gasteiger partial charge in [-0.15, -0.1) is 11.3 Å². The van der Waals surface area contributed by atoms with Crippen LogP contribution >= 0.6 is 11.3 Å². The largest absolute Gasteiger partial charge is 0.451 e. The van der Waals surface area contributed by atoms with E-state index in [9.17, 15) is 14.4 Å². The Labute approximate surface area is 117 Å². The lowest BCUT2D eigenvalue weighted by Gasteiger charge is -2.04. The van der Waals surface area contributed by atoms with Gasteiger partial charge in [0.2, 0.25) is 0 Å². The van der Waals surface area contributed by atoms with Crippen LogP contribution in [0.3, 0.4) is 0 Å². The predicted molar refractivity (Wildman–Crippen MR) is 69.1 cm³/mol. The van der Waals surface area contributed by atoms with Crippen LogP contribution in [0.2, 0.25) is 0 Å². The van der Waals surface area contributed by atoms with Gasteiger partial charge in [0.25, 0.3) is 11.8 Å². The van der Waals surface area contributed by atoms with Crippen molar-refractivity contribution in [1.29, 1.82) is 0 Å². The smallest absolute Gasteiger partial charge is 0.359 e. The van der Waals surface area contributed by atoms with Gasteiger partial charge >= 0.3 is 5.97 Å². The SMILES string of the molecule is O=C(COC(=O)c1cnccn1)NC(=O)c1cccs1. The molecular weight excluding hydrogens is 282 g/mol. The second-order valence-electron chi connectivity index (χ2n) is 3.52. The number of amides is 2. The van der Waals surface area contributed by atoms with Crippen molar-refractivity contribution in [2.75, 3.05) is 6.61 Å². The zero-order valence-electron chi connectivity index (χ0n) is 10.1. The average molecular weight is 291 g/mol. The van der Waals surface area contributed by atoms with Gasteiger partial charge in [-0.1, -0.05) is 6.07 Å². The Bertz CT molecular complexity index is 613. The van der Waals surface area contributed by atoms with E-state index in [1.807, 2.05) is 0 Å². The summed E-state index contributed by atoms with van der Waals surface area (Å²) in [5.74, 6) is -2.02. The van der Waals surface area contributed by atoms with E-state index in [0.717, 1.165) is 0 Å². The molecule has 2 aromatic heterocycles. The number of nitrogens with one attached hydrogen (secondary N) is 1. The monoisotopic (exact) mass is 291 g/mol. The van der Waals surface area contributed by atoms with Gasteiger partial charge in [0, 0.05) is 12.4 Å². The number of rotatable bonds is 4. The third-order valence-electron chi connectivity index (χ3n) is 2.10. The molecule has 0 radical (unpaired) electrons. The fourth-order valence-electron chi connectivity index (χ4n) is 1.24. The minimum atomic E-state index is -0.781. The second-order valence-corrected chi connectivity index (χ2v) is 4.47. The molecule has 0 fully saturated rings. The van der Waals surface area contributed by atoms with Crippen molar-refractivity contribution in [2.24, 2.45) is 0 Å². The van der Waals surface area contributed by atoms with Gasteiger partial charge in [-0.25, -0.2) is 9.78 Å². The average Bonchev–Trinajstić information content (AvgIpc) is 3.00. The minimum Gasteiger partial charge on any atom is -0.451 e. The normalized spacial score (nSPS) is 9.80. The first kappa shape index (κ1) is 13.8. The summed E-state index contributed by atoms with van der Waals surface area (Å²) < 4.78 is 4.71. The number of imide groups is 1. The van der Waals surface area contributed by atoms with E-state index in [0.29, 0.717) is 4.88 Å². The van der Waals surface area contributed by atoms with Crippen LogP contribution in [0.1, 0.15) is 20.2 Å². The Hall–Kier alpha value is -2.61. The highest BCUT2D eigenvalue weighted by molar-refractivity contribution is 7.12. The number of aromatic nitrogens is 2. The number of hydrogen-bond acceptors (Lipinski definition) is 7. The summed E-state index contributed by atoms with van der Waals surface area (Å²) in [6, 6.07) is 3.27. The molecule has 0 unspecified atom stereocenters. The number of carbonyl (C=O) groups is 3. The molecule has 1 N–H and O–H groups in total. The molecule has 8 heteroatoms. The zero-order chi connectivity index (χ0) is 14.4. The Morgan fingerprint density at radius 1 is 1.30 bits per heavy atom. The highest BCUT2D eigenvalue weighted by Crippen LogP contribution is 2.07. The van der Waals surface area contributed by atoms with Crippen LogP contribution in [-0.2, 0) is 9.53 Å².